The molecule has 1 amide bonds. The van der Waals surface area contributed by atoms with E-state index in [2.05, 4.69) is 5.16 Å². The number of nitrogens with zero attached hydrogens (tertiary/aromatic N) is 2. The van der Waals surface area contributed by atoms with E-state index in [-0.39, 0.29) is 24.1 Å². The van der Waals surface area contributed by atoms with Crippen LogP contribution in [-0.4, -0.2) is 40.1 Å². The van der Waals surface area contributed by atoms with Crippen molar-refractivity contribution in [1.29, 1.82) is 0 Å². The second kappa shape index (κ2) is 4.36. The number of aryl methyl sites for hydroxylation is 1. The summed E-state index contributed by atoms with van der Waals surface area (Å²) in [5.41, 5.74) is 0.649. The first-order chi connectivity index (χ1) is 9.06. The zero-order valence-electron chi connectivity index (χ0n) is 10.7. The first kappa shape index (κ1) is 12.2. The lowest BCUT2D eigenvalue weighted by molar-refractivity contribution is -0.142. The van der Waals surface area contributed by atoms with Gasteiger partial charge < -0.3 is 14.5 Å². The fourth-order valence-corrected chi connectivity index (χ4v) is 2.88. The molecule has 0 aromatic carbocycles. The van der Waals surface area contributed by atoms with Gasteiger partial charge in [-0.15, -0.1) is 0 Å². The Kier molecular flexibility index (Phi) is 2.80. The van der Waals surface area contributed by atoms with Gasteiger partial charge in [0.25, 0.3) is 5.91 Å². The van der Waals surface area contributed by atoms with Crippen LogP contribution in [-0.2, 0) is 4.79 Å². The van der Waals surface area contributed by atoms with Crippen LogP contribution in [0.4, 0.5) is 0 Å². The molecule has 3 rings (SSSR count). The van der Waals surface area contributed by atoms with E-state index in [1.165, 1.54) is 0 Å². The number of carboxylic acid groups (broad SMARTS) is 1. The lowest BCUT2D eigenvalue weighted by Gasteiger charge is -2.13. The molecule has 2 fully saturated rings. The molecular formula is C13H16N2O4. The minimum absolute atomic E-state index is 0.0884. The molecule has 1 aliphatic carbocycles. The largest absolute Gasteiger partial charge is 0.481 e. The van der Waals surface area contributed by atoms with Crippen molar-refractivity contribution < 1.29 is 19.2 Å². The van der Waals surface area contributed by atoms with Gasteiger partial charge in [0.15, 0.2) is 0 Å². The summed E-state index contributed by atoms with van der Waals surface area (Å²) in [6.07, 6.45) is 2.16. The van der Waals surface area contributed by atoms with Crippen LogP contribution in [0.5, 0.6) is 0 Å². The van der Waals surface area contributed by atoms with Crippen molar-refractivity contribution >= 4 is 11.9 Å². The number of amides is 1. The fourth-order valence-electron chi connectivity index (χ4n) is 2.88. The molecule has 2 aliphatic rings. The van der Waals surface area contributed by atoms with E-state index >= 15 is 0 Å². The van der Waals surface area contributed by atoms with Crippen molar-refractivity contribution in [2.24, 2.45) is 17.8 Å². The van der Waals surface area contributed by atoms with Gasteiger partial charge in [-0.1, -0.05) is 5.16 Å². The monoisotopic (exact) mass is 264 g/mol. The molecule has 1 aliphatic heterocycles. The topological polar surface area (TPSA) is 83.6 Å². The zero-order valence-corrected chi connectivity index (χ0v) is 10.7. The minimum Gasteiger partial charge on any atom is -0.481 e. The molecule has 0 spiro atoms. The Morgan fingerprint density at radius 2 is 2.16 bits per heavy atom. The highest BCUT2D eigenvalue weighted by Gasteiger charge is 2.47. The molecule has 1 N–H and O–H groups in total. The predicted molar refractivity (Wildman–Crippen MR) is 64.5 cm³/mol. The molecule has 0 unspecified atom stereocenters. The zero-order chi connectivity index (χ0) is 13.6. The first-order valence-corrected chi connectivity index (χ1v) is 6.51. The lowest BCUT2D eigenvalue weighted by Crippen LogP contribution is -2.29. The van der Waals surface area contributed by atoms with Crippen LogP contribution < -0.4 is 0 Å². The van der Waals surface area contributed by atoms with E-state index in [0.717, 1.165) is 12.8 Å². The van der Waals surface area contributed by atoms with Gasteiger partial charge in [0.1, 0.15) is 0 Å². The molecule has 19 heavy (non-hydrogen) atoms. The van der Waals surface area contributed by atoms with Crippen LogP contribution in [0.3, 0.4) is 0 Å². The number of carbonyl (C=O) groups is 2. The predicted octanol–water partition coefficient (Wildman–Crippen LogP) is 1.17. The summed E-state index contributed by atoms with van der Waals surface area (Å²) in [7, 11) is 0. The number of likely N-dealkylation sites (tertiary alicyclic amines) is 1. The molecule has 0 radical (unpaired) electrons. The molecular weight excluding hydrogens is 248 g/mol. The summed E-state index contributed by atoms with van der Waals surface area (Å²) in [6.45, 7) is 2.53. The number of hydrogen-bond acceptors (Lipinski definition) is 4. The van der Waals surface area contributed by atoms with Crippen molar-refractivity contribution in [3.05, 3.63) is 17.5 Å². The molecule has 102 valence electrons. The number of carboxylic acids is 1. The minimum atomic E-state index is -0.805. The van der Waals surface area contributed by atoms with E-state index < -0.39 is 11.9 Å². The van der Waals surface area contributed by atoms with E-state index in [1.54, 1.807) is 17.9 Å². The Hall–Kier alpha value is -1.85. The van der Waals surface area contributed by atoms with Crippen molar-refractivity contribution in [1.82, 2.24) is 10.1 Å². The summed E-state index contributed by atoms with van der Waals surface area (Å²) in [5.74, 6) is -0.754. The van der Waals surface area contributed by atoms with Crippen LogP contribution in [0.25, 0.3) is 0 Å². The summed E-state index contributed by atoms with van der Waals surface area (Å²) in [4.78, 5) is 25.1. The normalized spacial score (nSPS) is 26.7. The molecule has 6 heteroatoms. The van der Waals surface area contributed by atoms with Crippen LogP contribution in [0, 0.1) is 24.7 Å². The Balaban J connectivity index is 1.75. The van der Waals surface area contributed by atoms with Crippen LogP contribution in [0.1, 0.15) is 29.1 Å². The van der Waals surface area contributed by atoms with Gasteiger partial charge in [-0.2, -0.15) is 0 Å². The van der Waals surface area contributed by atoms with Crippen LogP contribution in [0.15, 0.2) is 10.6 Å². The van der Waals surface area contributed by atoms with Crippen molar-refractivity contribution in [3.63, 3.8) is 0 Å². The van der Waals surface area contributed by atoms with Gasteiger partial charge in [0.2, 0.25) is 5.76 Å². The Morgan fingerprint density at radius 1 is 1.42 bits per heavy atom. The summed E-state index contributed by atoms with van der Waals surface area (Å²) in [5, 5.41) is 13.0. The third-order valence-corrected chi connectivity index (χ3v) is 4.04. The highest BCUT2D eigenvalue weighted by molar-refractivity contribution is 5.92. The van der Waals surface area contributed by atoms with Crippen molar-refractivity contribution in [2.75, 3.05) is 13.1 Å². The number of carbonyl (C=O) groups excluding carboxylic acids is 1. The number of aliphatic carboxylic acids is 1. The second-order valence-electron chi connectivity index (χ2n) is 5.49. The molecule has 0 bridgehead atoms. The number of hydrogen-bond donors (Lipinski definition) is 1. The summed E-state index contributed by atoms with van der Waals surface area (Å²) in [6, 6.07) is 1.59. The summed E-state index contributed by atoms with van der Waals surface area (Å²) < 4.78 is 4.96. The first-order valence-electron chi connectivity index (χ1n) is 6.51. The fraction of sp³-hybridized carbons (Fsp3) is 0.615. The number of aromatic nitrogens is 1. The molecule has 1 saturated carbocycles. The van der Waals surface area contributed by atoms with E-state index in [1.807, 2.05) is 0 Å². The highest BCUT2D eigenvalue weighted by Crippen LogP contribution is 2.44. The molecule has 1 aromatic heterocycles. The Morgan fingerprint density at radius 3 is 2.68 bits per heavy atom. The molecule has 2 atom stereocenters. The quantitative estimate of drug-likeness (QED) is 0.885. The van der Waals surface area contributed by atoms with Gasteiger partial charge in [-0.05, 0) is 31.6 Å². The third kappa shape index (κ3) is 2.22. The van der Waals surface area contributed by atoms with E-state index in [4.69, 9.17) is 4.52 Å². The van der Waals surface area contributed by atoms with E-state index in [0.29, 0.717) is 18.2 Å². The third-order valence-electron chi connectivity index (χ3n) is 4.04. The smallest absolute Gasteiger partial charge is 0.308 e. The SMILES string of the molecule is Cc1cc(C(=O)N2C[C@H](C(=O)O)[C@@H](C3CC3)C2)on1. The van der Waals surface area contributed by atoms with Crippen molar-refractivity contribution in [2.45, 2.75) is 19.8 Å². The average Bonchev–Trinajstić information content (AvgIpc) is 2.96. The lowest BCUT2D eigenvalue weighted by atomic mass is 9.92. The highest BCUT2D eigenvalue weighted by atomic mass is 16.5. The van der Waals surface area contributed by atoms with Gasteiger partial charge in [0, 0.05) is 19.2 Å². The van der Waals surface area contributed by atoms with E-state index in [9.17, 15) is 14.7 Å². The maximum atomic E-state index is 12.2. The molecule has 2 heterocycles. The van der Waals surface area contributed by atoms with Crippen molar-refractivity contribution in [3.8, 4) is 0 Å². The van der Waals surface area contributed by atoms with Crippen LogP contribution >= 0.6 is 0 Å². The Bertz CT molecular complexity index is 520. The van der Waals surface area contributed by atoms with Gasteiger partial charge in [-0.3, -0.25) is 9.59 Å². The molecule has 6 nitrogen and oxygen atoms in total. The van der Waals surface area contributed by atoms with Gasteiger partial charge in [-0.25, -0.2) is 0 Å². The van der Waals surface area contributed by atoms with Gasteiger partial charge in [0.05, 0.1) is 11.6 Å². The maximum absolute atomic E-state index is 12.2. The van der Waals surface area contributed by atoms with Gasteiger partial charge >= 0.3 is 5.97 Å². The molecule has 1 saturated heterocycles. The Labute approximate surface area is 110 Å². The average molecular weight is 264 g/mol. The van der Waals surface area contributed by atoms with Crippen LogP contribution in [0.2, 0.25) is 0 Å². The second-order valence-corrected chi connectivity index (χ2v) is 5.49. The summed E-state index contributed by atoms with van der Waals surface area (Å²) >= 11 is 0. The molecule has 1 aromatic rings. The standard InChI is InChI=1S/C13H16N2O4/c1-7-4-11(19-14-7)12(16)15-5-9(8-2-3-8)10(6-15)13(17)18/h4,8-10H,2-3,5-6H2,1H3,(H,17,18)/t9-,10+/m1/s1. The number of rotatable bonds is 3. The maximum Gasteiger partial charge on any atom is 0.308 e.